The lowest BCUT2D eigenvalue weighted by Gasteiger charge is -1.91. The van der Waals surface area contributed by atoms with Crippen LogP contribution in [0.5, 0.6) is 0 Å². The molecule has 0 fully saturated rings. The highest BCUT2D eigenvalue weighted by Crippen LogP contribution is 1.67. The Labute approximate surface area is 88.7 Å². The van der Waals surface area contributed by atoms with Gasteiger partial charge in [-0.2, -0.15) is 0 Å². The molecule has 0 aliphatic carbocycles. The molecular weight excluding hydrogens is 226 g/mol. The van der Waals surface area contributed by atoms with Gasteiger partial charge in [-0.1, -0.05) is 12.2 Å². The number of rotatable bonds is 3. The standard InChI is InChI=1S/C4H8O2.C2H7NO.H4O4Si/c5-3-1-2-4-6;3-1-2-4;1-5(2,3)4/h1-2,5-6H,3-4H2;4H,1-3H2;1-4H. The van der Waals surface area contributed by atoms with Crippen LogP contribution in [-0.4, -0.2) is 69.9 Å². The van der Waals surface area contributed by atoms with Crippen molar-refractivity contribution in [3.05, 3.63) is 12.2 Å². The molecule has 0 saturated heterocycles. The molecule has 0 amide bonds. The summed E-state index contributed by atoms with van der Waals surface area (Å²) in [5, 5.41) is 23.7. The van der Waals surface area contributed by atoms with E-state index in [1.165, 1.54) is 12.2 Å². The molecule has 0 bridgehead atoms. The molecule has 9 heteroatoms. The molecular formula is C6H19NO7Si. The summed E-state index contributed by atoms with van der Waals surface area (Å²) in [6.45, 7) is 0.501. The average molecular weight is 245 g/mol. The van der Waals surface area contributed by atoms with Gasteiger partial charge in [0.15, 0.2) is 0 Å². The Morgan fingerprint density at radius 2 is 1.07 bits per heavy atom. The third-order valence-electron chi connectivity index (χ3n) is 0.507. The fraction of sp³-hybridized carbons (Fsp3) is 0.667. The highest BCUT2D eigenvalue weighted by molar-refractivity contribution is 6.46. The Bertz CT molecular complexity index is 113. The van der Waals surface area contributed by atoms with Gasteiger partial charge in [0.1, 0.15) is 0 Å². The molecule has 94 valence electrons. The summed E-state index contributed by atoms with van der Waals surface area (Å²) in [7, 11) is -4.61. The maximum atomic E-state index is 8.00. The lowest BCUT2D eigenvalue weighted by atomic mass is 10.5. The van der Waals surface area contributed by atoms with Crippen molar-refractivity contribution in [1.82, 2.24) is 0 Å². The average Bonchev–Trinajstić information content (AvgIpc) is 2.12. The molecule has 0 spiro atoms. The van der Waals surface area contributed by atoms with E-state index in [1.54, 1.807) is 0 Å². The van der Waals surface area contributed by atoms with Crippen molar-refractivity contribution in [1.29, 1.82) is 0 Å². The molecule has 0 aromatic carbocycles. The second-order valence-electron chi connectivity index (χ2n) is 1.95. The van der Waals surface area contributed by atoms with Crippen molar-refractivity contribution in [2.75, 3.05) is 26.4 Å². The molecule has 8 nitrogen and oxygen atoms in total. The molecule has 0 aromatic heterocycles. The van der Waals surface area contributed by atoms with Crippen molar-refractivity contribution in [2.24, 2.45) is 5.73 Å². The van der Waals surface area contributed by atoms with E-state index < -0.39 is 9.05 Å². The van der Waals surface area contributed by atoms with E-state index in [4.69, 9.17) is 40.2 Å². The summed E-state index contributed by atoms with van der Waals surface area (Å²) in [5.41, 5.74) is 4.78. The highest BCUT2D eigenvalue weighted by Gasteiger charge is 2.22. The van der Waals surface area contributed by atoms with Crippen LogP contribution in [0.2, 0.25) is 0 Å². The second kappa shape index (κ2) is 16.1. The molecule has 0 heterocycles. The third-order valence-corrected chi connectivity index (χ3v) is 0.507. The van der Waals surface area contributed by atoms with Crippen molar-refractivity contribution >= 4 is 9.05 Å². The quantitative estimate of drug-likeness (QED) is 0.183. The van der Waals surface area contributed by atoms with Gasteiger partial charge in [-0.05, 0) is 0 Å². The van der Waals surface area contributed by atoms with Gasteiger partial charge in [0.25, 0.3) is 0 Å². The molecule has 0 rings (SSSR count). The first-order valence-corrected chi connectivity index (χ1v) is 5.69. The number of nitrogens with two attached hydrogens (primary N) is 1. The Hall–Kier alpha value is -0.363. The van der Waals surface area contributed by atoms with Crippen molar-refractivity contribution in [3.8, 4) is 0 Å². The Balaban J connectivity index is -0.000000147. The van der Waals surface area contributed by atoms with E-state index in [2.05, 4.69) is 0 Å². The fourth-order valence-corrected chi connectivity index (χ4v) is 0.149. The predicted octanol–water partition coefficient (Wildman–Crippen LogP) is -4.14. The van der Waals surface area contributed by atoms with E-state index in [1.807, 2.05) is 0 Å². The number of hydrogen-bond acceptors (Lipinski definition) is 8. The van der Waals surface area contributed by atoms with Gasteiger partial charge in [-0.3, -0.25) is 0 Å². The number of aliphatic hydroxyl groups is 3. The smallest absolute Gasteiger partial charge is 0.395 e. The summed E-state index contributed by atoms with van der Waals surface area (Å²) in [6.07, 6.45) is 2.97. The molecule has 0 atom stereocenters. The molecule has 0 saturated carbocycles. The van der Waals surface area contributed by atoms with Crippen molar-refractivity contribution in [2.45, 2.75) is 0 Å². The van der Waals surface area contributed by atoms with Crippen molar-refractivity contribution in [3.63, 3.8) is 0 Å². The third kappa shape index (κ3) is 140. The number of aliphatic hydroxyl groups excluding tert-OH is 3. The van der Waals surface area contributed by atoms with E-state index in [-0.39, 0.29) is 19.8 Å². The molecule has 0 aromatic rings. The minimum atomic E-state index is -4.61. The summed E-state index contributed by atoms with van der Waals surface area (Å²) in [5.74, 6) is 0. The van der Waals surface area contributed by atoms with Gasteiger partial charge in [-0.15, -0.1) is 0 Å². The minimum Gasteiger partial charge on any atom is -0.395 e. The van der Waals surface area contributed by atoms with Crippen LogP contribution in [0, 0.1) is 0 Å². The molecule has 0 unspecified atom stereocenters. The van der Waals surface area contributed by atoms with Crippen LogP contribution in [0.1, 0.15) is 0 Å². The zero-order valence-corrected chi connectivity index (χ0v) is 9.19. The summed E-state index contributed by atoms with van der Waals surface area (Å²) in [6, 6.07) is 0. The topological polar surface area (TPSA) is 168 Å². The van der Waals surface area contributed by atoms with Gasteiger partial charge in [-0.25, -0.2) is 0 Å². The van der Waals surface area contributed by atoms with Gasteiger partial charge in [0, 0.05) is 6.54 Å². The van der Waals surface area contributed by atoms with Crippen LogP contribution in [0.15, 0.2) is 12.2 Å². The van der Waals surface area contributed by atoms with Crippen LogP contribution in [-0.2, 0) is 0 Å². The Morgan fingerprint density at radius 3 is 1.13 bits per heavy atom. The predicted molar refractivity (Wildman–Crippen MR) is 54.1 cm³/mol. The van der Waals surface area contributed by atoms with Gasteiger partial charge in [0.05, 0.1) is 19.8 Å². The highest BCUT2D eigenvalue weighted by atomic mass is 28.4. The van der Waals surface area contributed by atoms with Gasteiger partial charge >= 0.3 is 9.05 Å². The molecule has 0 radical (unpaired) electrons. The van der Waals surface area contributed by atoms with Crippen molar-refractivity contribution < 1.29 is 34.5 Å². The van der Waals surface area contributed by atoms with E-state index in [9.17, 15) is 0 Å². The normalized spacial score (nSPS) is 10.1. The van der Waals surface area contributed by atoms with E-state index in [0.717, 1.165) is 0 Å². The maximum Gasteiger partial charge on any atom is 0.668 e. The van der Waals surface area contributed by atoms with Gasteiger partial charge < -0.3 is 40.2 Å². The van der Waals surface area contributed by atoms with Crippen LogP contribution in [0.25, 0.3) is 0 Å². The van der Waals surface area contributed by atoms with Crippen LogP contribution in [0.3, 0.4) is 0 Å². The van der Waals surface area contributed by atoms with Crippen LogP contribution < -0.4 is 5.73 Å². The summed E-state index contributed by atoms with van der Waals surface area (Å²) in [4.78, 5) is 29.3. The molecule has 0 aliphatic heterocycles. The minimum absolute atomic E-state index is 0.0144. The fourth-order valence-electron chi connectivity index (χ4n) is 0.149. The lowest BCUT2D eigenvalue weighted by Crippen LogP contribution is -2.33. The molecule has 0 aliphatic rings. The zero-order chi connectivity index (χ0) is 12.7. The van der Waals surface area contributed by atoms with Crippen LogP contribution in [0.4, 0.5) is 0 Å². The summed E-state index contributed by atoms with van der Waals surface area (Å²) >= 11 is 0. The second-order valence-corrected chi connectivity index (χ2v) is 3.15. The Morgan fingerprint density at radius 1 is 0.867 bits per heavy atom. The molecule has 15 heavy (non-hydrogen) atoms. The Kier molecular flexibility index (Phi) is 21.5. The first kappa shape index (κ1) is 20.1. The lowest BCUT2D eigenvalue weighted by molar-refractivity contribution is 0.117. The monoisotopic (exact) mass is 245 g/mol. The first-order chi connectivity index (χ1) is 6.83. The number of hydrogen-bond donors (Lipinski definition) is 8. The SMILES string of the molecule is NCCO.OCC=CCO.O[Si](O)(O)O. The summed E-state index contributed by atoms with van der Waals surface area (Å²) < 4.78 is 0. The maximum absolute atomic E-state index is 8.00. The first-order valence-electron chi connectivity index (χ1n) is 3.90. The van der Waals surface area contributed by atoms with Crippen LogP contribution >= 0.6 is 0 Å². The van der Waals surface area contributed by atoms with E-state index >= 15 is 0 Å². The largest absolute Gasteiger partial charge is 0.668 e. The van der Waals surface area contributed by atoms with Gasteiger partial charge in [0.2, 0.25) is 0 Å². The molecule has 9 N–H and O–H groups in total. The zero-order valence-electron chi connectivity index (χ0n) is 8.19. The van der Waals surface area contributed by atoms with E-state index in [0.29, 0.717) is 6.54 Å².